The van der Waals surface area contributed by atoms with Gasteiger partial charge in [0.2, 0.25) is 5.91 Å². The van der Waals surface area contributed by atoms with E-state index in [0.717, 1.165) is 10.9 Å². The van der Waals surface area contributed by atoms with E-state index >= 15 is 0 Å². The molecule has 0 aliphatic heterocycles. The van der Waals surface area contributed by atoms with Gasteiger partial charge in [-0.1, -0.05) is 30.3 Å². The maximum absolute atomic E-state index is 12.2. The number of nitrogens with one attached hydrogen (secondary N) is 2. The summed E-state index contributed by atoms with van der Waals surface area (Å²) in [5.41, 5.74) is 3.30. The van der Waals surface area contributed by atoms with E-state index in [2.05, 4.69) is 10.3 Å². The summed E-state index contributed by atoms with van der Waals surface area (Å²) in [6.45, 7) is 3.63. The molecule has 26 heavy (non-hydrogen) atoms. The van der Waals surface area contributed by atoms with Crippen molar-refractivity contribution in [2.24, 2.45) is 0 Å². The maximum atomic E-state index is 12.2. The highest BCUT2D eigenvalue weighted by molar-refractivity contribution is 6.01. The molecule has 2 N–H and O–H groups in total. The molecule has 3 aromatic rings. The minimum atomic E-state index is -0.235. The SMILES string of the molecule is Cc1ccccc1C(=O)CCC(=O)Nc1ccc2cc(C)c(=O)[nH]c2c1. The number of aromatic nitrogens is 1. The number of pyridine rings is 1. The first-order valence-corrected chi connectivity index (χ1v) is 8.46. The van der Waals surface area contributed by atoms with Crippen LogP contribution in [-0.2, 0) is 4.79 Å². The lowest BCUT2D eigenvalue weighted by Crippen LogP contribution is -2.14. The standard InChI is InChI=1S/C21H20N2O3/c1-13-5-3-4-6-17(13)19(24)9-10-20(25)22-16-8-7-15-11-14(2)21(26)23-18(15)12-16/h3-8,11-12H,9-10H2,1-2H3,(H,22,25)(H,23,26). The molecule has 0 saturated heterocycles. The summed E-state index contributed by atoms with van der Waals surface area (Å²) in [7, 11) is 0. The Morgan fingerprint density at radius 2 is 1.73 bits per heavy atom. The number of ketones is 1. The van der Waals surface area contributed by atoms with Gasteiger partial charge in [-0.25, -0.2) is 0 Å². The predicted molar refractivity (Wildman–Crippen MR) is 103 cm³/mol. The van der Waals surface area contributed by atoms with Crippen LogP contribution in [0, 0.1) is 13.8 Å². The number of rotatable bonds is 5. The molecule has 0 fully saturated rings. The van der Waals surface area contributed by atoms with Crippen LogP contribution in [0.5, 0.6) is 0 Å². The molecule has 132 valence electrons. The van der Waals surface area contributed by atoms with Gasteiger partial charge in [0, 0.05) is 29.7 Å². The average molecular weight is 348 g/mol. The van der Waals surface area contributed by atoms with Crippen LogP contribution in [0.15, 0.2) is 53.3 Å². The third-order valence-electron chi connectivity index (χ3n) is 4.34. The number of anilines is 1. The van der Waals surface area contributed by atoms with E-state index in [0.29, 0.717) is 22.3 Å². The van der Waals surface area contributed by atoms with Crippen LogP contribution in [0.2, 0.25) is 0 Å². The fourth-order valence-electron chi connectivity index (χ4n) is 2.86. The molecular formula is C21H20N2O3. The molecule has 0 unspecified atom stereocenters. The molecule has 1 amide bonds. The first kappa shape index (κ1) is 17.6. The van der Waals surface area contributed by atoms with Gasteiger partial charge in [0.25, 0.3) is 5.56 Å². The smallest absolute Gasteiger partial charge is 0.251 e. The minimum Gasteiger partial charge on any atom is -0.326 e. The molecule has 1 heterocycles. The van der Waals surface area contributed by atoms with E-state index in [-0.39, 0.29) is 30.1 Å². The lowest BCUT2D eigenvalue weighted by Gasteiger charge is -2.08. The molecule has 0 saturated carbocycles. The van der Waals surface area contributed by atoms with Crippen molar-refractivity contribution in [3.63, 3.8) is 0 Å². The Morgan fingerprint density at radius 1 is 0.962 bits per heavy atom. The van der Waals surface area contributed by atoms with E-state index in [4.69, 9.17) is 0 Å². The van der Waals surface area contributed by atoms with Crippen molar-refractivity contribution in [1.29, 1.82) is 0 Å². The second-order valence-electron chi connectivity index (χ2n) is 6.37. The third kappa shape index (κ3) is 3.88. The second-order valence-corrected chi connectivity index (χ2v) is 6.37. The van der Waals surface area contributed by atoms with E-state index in [1.54, 1.807) is 31.2 Å². The Balaban J connectivity index is 1.65. The summed E-state index contributed by atoms with van der Waals surface area (Å²) in [6.07, 6.45) is 0.260. The number of hydrogen-bond acceptors (Lipinski definition) is 3. The number of fused-ring (bicyclic) bond motifs is 1. The summed E-state index contributed by atoms with van der Waals surface area (Å²) in [6, 6.07) is 14.5. The number of hydrogen-bond donors (Lipinski definition) is 2. The van der Waals surface area contributed by atoms with E-state index in [1.165, 1.54) is 0 Å². The molecule has 0 aliphatic rings. The molecule has 0 atom stereocenters. The van der Waals surface area contributed by atoms with Gasteiger partial charge in [-0.05, 0) is 43.0 Å². The first-order valence-electron chi connectivity index (χ1n) is 8.46. The van der Waals surface area contributed by atoms with Gasteiger partial charge in [0.05, 0.1) is 5.52 Å². The topological polar surface area (TPSA) is 79.0 Å². The predicted octanol–water partition coefficient (Wildman–Crippen LogP) is 3.75. The van der Waals surface area contributed by atoms with E-state index < -0.39 is 0 Å². The lowest BCUT2D eigenvalue weighted by atomic mass is 10.0. The molecule has 2 aromatic carbocycles. The van der Waals surface area contributed by atoms with Gasteiger partial charge >= 0.3 is 0 Å². The summed E-state index contributed by atoms with van der Waals surface area (Å²) >= 11 is 0. The number of Topliss-reactive ketones (excluding diaryl/α,β-unsaturated/α-hetero) is 1. The number of benzene rings is 2. The highest BCUT2D eigenvalue weighted by atomic mass is 16.2. The number of carbonyl (C=O) groups excluding carboxylic acids is 2. The van der Waals surface area contributed by atoms with Crippen molar-refractivity contribution < 1.29 is 9.59 Å². The second kappa shape index (κ2) is 7.35. The maximum Gasteiger partial charge on any atom is 0.251 e. The zero-order chi connectivity index (χ0) is 18.7. The van der Waals surface area contributed by atoms with Crippen molar-refractivity contribution in [1.82, 2.24) is 4.98 Å². The van der Waals surface area contributed by atoms with Crippen LogP contribution in [0.1, 0.15) is 34.3 Å². The zero-order valence-corrected chi connectivity index (χ0v) is 14.8. The molecule has 0 bridgehead atoms. The number of amides is 1. The first-order chi connectivity index (χ1) is 12.4. The summed E-state index contributed by atoms with van der Waals surface area (Å²) in [5.74, 6) is -0.280. The van der Waals surface area contributed by atoms with Crippen LogP contribution in [0.3, 0.4) is 0 Å². The van der Waals surface area contributed by atoms with Gasteiger partial charge in [-0.2, -0.15) is 0 Å². The molecule has 3 rings (SSSR count). The fourth-order valence-corrected chi connectivity index (χ4v) is 2.86. The summed E-state index contributed by atoms with van der Waals surface area (Å²) in [4.78, 5) is 38.9. The largest absolute Gasteiger partial charge is 0.326 e. The molecule has 0 aliphatic carbocycles. The van der Waals surface area contributed by atoms with E-state index in [1.807, 2.05) is 31.2 Å². The van der Waals surface area contributed by atoms with E-state index in [9.17, 15) is 14.4 Å². The molecular weight excluding hydrogens is 328 g/mol. The van der Waals surface area contributed by atoms with Gasteiger partial charge in [-0.3, -0.25) is 14.4 Å². The number of carbonyl (C=O) groups is 2. The molecule has 5 nitrogen and oxygen atoms in total. The Kier molecular flexibility index (Phi) is 4.98. The van der Waals surface area contributed by atoms with Gasteiger partial charge < -0.3 is 10.3 Å². The van der Waals surface area contributed by atoms with Crippen molar-refractivity contribution in [2.45, 2.75) is 26.7 Å². The lowest BCUT2D eigenvalue weighted by molar-refractivity contribution is -0.116. The molecule has 0 spiro atoms. The quantitative estimate of drug-likeness (QED) is 0.689. The summed E-state index contributed by atoms with van der Waals surface area (Å²) in [5, 5.41) is 3.67. The van der Waals surface area contributed by atoms with Crippen LogP contribution in [0.4, 0.5) is 5.69 Å². The fraction of sp³-hybridized carbons (Fsp3) is 0.190. The van der Waals surface area contributed by atoms with Crippen LogP contribution < -0.4 is 10.9 Å². The summed E-state index contributed by atoms with van der Waals surface area (Å²) < 4.78 is 0. The third-order valence-corrected chi connectivity index (χ3v) is 4.34. The normalized spacial score (nSPS) is 10.7. The Labute approximate surface area is 151 Å². The minimum absolute atomic E-state index is 0.0448. The van der Waals surface area contributed by atoms with Crippen LogP contribution in [0.25, 0.3) is 10.9 Å². The van der Waals surface area contributed by atoms with Crippen molar-refractivity contribution in [2.75, 3.05) is 5.32 Å². The average Bonchev–Trinajstić information content (AvgIpc) is 2.61. The highest BCUT2D eigenvalue weighted by Crippen LogP contribution is 2.18. The zero-order valence-electron chi connectivity index (χ0n) is 14.8. The van der Waals surface area contributed by atoms with Crippen molar-refractivity contribution in [3.8, 4) is 0 Å². The monoisotopic (exact) mass is 348 g/mol. The molecule has 5 heteroatoms. The van der Waals surface area contributed by atoms with Gasteiger partial charge in [0.1, 0.15) is 0 Å². The Bertz CT molecular complexity index is 1050. The molecule has 0 radical (unpaired) electrons. The highest BCUT2D eigenvalue weighted by Gasteiger charge is 2.11. The van der Waals surface area contributed by atoms with Crippen LogP contribution >= 0.6 is 0 Å². The Hall–Kier alpha value is -3.21. The van der Waals surface area contributed by atoms with Gasteiger partial charge in [-0.15, -0.1) is 0 Å². The number of aryl methyl sites for hydroxylation is 2. The number of aromatic amines is 1. The van der Waals surface area contributed by atoms with Gasteiger partial charge in [0.15, 0.2) is 5.78 Å². The Morgan fingerprint density at radius 3 is 2.50 bits per heavy atom. The van der Waals surface area contributed by atoms with Crippen molar-refractivity contribution in [3.05, 3.63) is 75.6 Å². The van der Waals surface area contributed by atoms with Crippen molar-refractivity contribution >= 4 is 28.3 Å². The molecule has 1 aromatic heterocycles. The van der Waals surface area contributed by atoms with Crippen LogP contribution in [-0.4, -0.2) is 16.7 Å². The number of H-pyrrole nitrogens is 1.